The Kier molecular flexibility index (Phi) is 3.55. The van der Waals surface area contributed by atoms with E-state index in [1.807, 2.05) is 0 Å². The van der Waals surface area contributed by atoms with Gasteiger partial charge >= 0.3 is 0 Å². The van der Waals surface area contributed by atoms with Crippen LogP contribution in [0.1, 0.15) is 25.8 Å². The summed E-state index contributed by atoms with van der Waals surface area (Å²) in [5.41, 5.74) is 3.72. The van der Waals surface area contributed by atoms with Crippen LogP contribution in [0, 0.1) is 5.82 Å². The third-order valence-corrected chi connectivity index (χ3v) is 2.24. The summed E-state index contributed by atoms with van der Waals surface area (Å²) in [4.78, 5) is 0. The summed E-state index contributed by atoms with van der Waals surface area (Å²) in [5, 5.41) is 0.0749. The number of benzene rings is 1. The maximum Gasteiger partial charge on any atom is 0.277 e. The maximum absolute atomic E-state index is 13.7. The van der Waals surface area contributed by atoms with Crippen molar-refractivity contribution in [3.8, 4) is 0 Å². The molecule has 0 atom stereocenters. The van der Waals surface area contributed by atoms with Crippen molar-refractivity contribution in [2.45, 2.75) is 31.7 Å². The average molecular weight is 252 g/mol. The molecule has 0 aliphatic rings. The van der Waals surface area contributed by atoms with Gasteiger partial charge in [-0.25, -0.2) is 13.2 Å². The molecule has 0 aromatic heterocycles. The van der Waals surface area contributed by atoms with Gasteiger partial charge in [-0.3, -0.25) is 0 Å². The minimum Gasteiger partial charge on any atom is -0.325 e. The Morgan fingerprint density at radius 1 is 1.31 bits per heavy atom. The van der Waals surface area contributed by atoms with Crippen LogP contribution < -0.4 is 5.73 Å². The van der Waals surface area contributed by atoms with Crippen molar-refractivity contribution in [1.29, 1.82) is 0 Å². The summed E-state index contributed by atoms with van der Waals surface area (Å²) in [5.74, 6) is -4.30. The molecule has 0 saturated heterocycles. The van der Waals surface area contributed by atoms with Crippen molar-refractivity contribution < 1.29 is 13.2 Å². The van der Waals surface area contributed by atoms with Gasteiger partial charge in [0.15, 0.2) is 0 Å². The van der Waals surface area contributed by atoms with Crippen LogP contribution in [0.25, 0.3) is 0 Å². The lowest BCUT2D eigenvalue weighted by molar-refractivity contribution is -0.0326. The number of halogens is 4. The SMILES string of the molecule is CC(C)(N)CC(F)(F)c1cc(Cl)ccc1F. The van der Waals surface area contributed by atoms with E-state index in [-0.39, 0.29) is 5.02 Å². The maximum atomic E-state index is 13.7. The van der Waals surface area contributed by atoms with Crippen molar-refractivity contribution >= 4 is 11.6 Å². The monoisotopic (exact) mass is 251 g/mol. The molecule has 0 aliphatic heterocycles. The molecule has 0 amide bonds. The highest BCUT2D eigenvalue weighted by molar-refractivity contribution is 6.30. The predicted octanol–water partition coefficient (Wildman–Crippen LogP) is 3.70. The van der Waals surface area contributed by atoms with E-state index in [1.165, 1.54) is 19.9 Å². The Labute approximate surface area is 97.4 Å². The van der Waals surface area contributed by atoms with Crippen LogP contribution in [0.3, 0.4) is 0 Å². The first-order chi connectivity index (χ1) is 7.12. The van der Waals surface area contributed by atoms with Crippen molar-refractivity contribution in [1.82, 2.24) is 0 Å². The van der Waals surface area contributed by atoms with Crippen LogP contribution in [0.15, 0.2) is 18.2 Å². The van der Waals surface area contributed by atoms with Crippen LogP contribution >= 0.6 is 11.6 Å². The van der Waals surface area contributed by atoms with E-state index in [9.17, 15) is 13.2 Å². The molecule has 0 saturated carbocycles. The van der Waals surface area contributed by atoms with Gasteiger partial charge in [0.25, 0.3) is 5.92 Å². The molecule has 16 heavy (non-hydrogen) atoms. The second-order valence-corrected chi connectivity index (χ2v) is 4.93. The van der Waals surface area contributed by atoms with Gasteiger partial charge < -0.3 is 5.73 Å². The van der Waals surface area contributed by atoms with Gasteiger partial charge in [-0.05, 0) is 32.0 Å². The van der Waals surface area contributed by atoms with Gasteiger partial charge in [-0.1, -0.05) is 11.6 Å². The smallest absolute Gasteiger partial charge is 0.277 e. The Morgan fingerprint density at radius 3 is 2.38 bits per heavy atom. The number of rotatable bonds is 3. The zero-order valence-corrected chi connectivity index (χ0v) is 9.78. The van der Waals surface area contributed by atoms with E-state index in [0.29, 0.717) is 0 Å². The third kappa shape index (κ3) is 3.39. The van der Waals surface area contributed by atoms with E-state index < -0.39 is 29.3 Å². The molecule has 5 heteroatoms. The Bertz CT molecular complexity index is 385. The van der Waals surface area contributed by atoms with Gasteiger partial charge in [0.05, 0.1) is 5.56 Å². The highest BCUT2D eigenvalue weighted by Crippen LogP contribution is 2.37. The topological polar surface area (TPSA) is 26.0 Å². The highest BCUT2D eigenvalue weighted by atomic mass is 35.5. The molecular weight excluding hydrogens is 239 g/mol. The fourth-order valence-electron chi connectivity index (χ4n) is 1.45. The van der Waals surface area contributed by atoms with Gasteiger partial charge in [0.1, 0.15) is 5.82 Å². The van der Waals surface area contributed by atoms with Gasteiger partial charge in [0, 0.05) is 17.0 Å². The molecule has 90 valence electrons. The number of hydrogen-bond donors (Lipinski definition) is 1. The molecule has 0 fully saturated rings. The van der Waals surface area contributed by atoms with Crippen LogP contribution in [-0.4, -0.2) is 5.54 Å². The van der Waals surface area contributed by atoms with Crippen LogP contribution in [0.5, 0.6) is 0 Å². The largest absolute Gasteiger partial charge is 0.325 e. The number of alkyl halides is 2. The highest BCUT2D eigenvalue weighted by Gasteiger charge is 2.39. The summed E-state index contributed by atoms with van der Waals surface area (Å²) in [6.45, 7) is 2.92. The lowest BCUT2D eigenvalue weighted by Crippen LogP contribution is -2.38. The van der Waals surface area contributed by atoms with Crippen LogP contribution in [0.2, 0.25) is 5.02 Å². The van der Waals surface area contributed by atoms with E-state index in [0.717, 1.165) is 12.1 Å². The summed E-state index contributed by atoms with van der Waals surface area (Å²) in [6, 6.07) is 3.09. The molecule has 1 rings (SSSR count). The van der Waals surface area contributed by atoms with Crippen molar-refractivity contribution in [2.75, 3.05) is 0 Å². The van der Waals surface area contributed by atoms with Crippen molar-refractivity contribution in [3.05, 3.63) is 34.6 Å². The third-order valence-electron chi connectivity index (χ3n) is 2.00. The first kappa shape index (κ1) is 13.3. The molecule has 0 radical (unpaired) electrons. The summed E-state index contributed by atoms with van der Waals surface area (Å²) in [6.07, 6.45) is -0.642. The van der Waals surface area contributed by atoms with Crippen LogP contribution in [-0.2, 0) is 5.92 Å². The molecule has 0 unspecified atom stereocenters. The van der Waals surface area contributed by atoms with Crippen molar-refractivity contribution in [3.63, 3.8) is 0 Å². The molecule has 0 spiro atoms. The van der Waals surface area contributed by atoms with E-state index >= 15 is 0 Å². The molecular formula is C11H13ClF3N. The summed E-state index contributed by atoms with van der Waals surface area (Å²) in [7, 11) is 0. The van der Waals surface area contributed by atoms with Crippen molar-refractivity contribution in [2.24, 2.45) is 5.73 Å². The predicted molar refractivity (Wildman–Crippen MR) is 58.2 cm³/mol. The van der Waals surface area contributed by atoms with E-state index in [2.05, 4.69) is 0 Å². The second-order valence-electron chi connectivity index (χ2n) is 4.49. The van der Waals surface area contributed by atoms with E-state index in [1.54, 1.807) is 0 Å². The minimum atomic E-state index is -3.33. The fraction of sp³-hybridized carbons (Fsp3) is 0.455. The number of hydrogen-bond acceptors (Lipinski definition) is 1. The molecule has 1 aromatic carbocycles. The summed E-state index contributed by atoms with van der Waals surface area (Å²) >= 11 is 5.56. The average Bonchev–Trinajstić information content (AvgIpc) is 2.04. The lowest BCUT2D eigenvalue weighted by Gasteiger charge is -2.26. The number of nitrogens with two attached hydrogens (primary N) is 1. The Balaban J connectivity index is 3.11. The first-order valence-electron chi connectivity index (χ1n) is 4.74. The van der Waals surface area contributed by atoms with Gasteiger partial charge in [-0.15, -0.1) is 0 Å². The molecule has 0 heterocycles. The summed E-state index contributed by atoms with van der Waals surface area (Å²) < 4.78 is 40.7. The molecule has 0 aliphatic carbocycles. The minimum absolute atomic E-state index is 0.0749. The zero-order chi connectivity index (χ0) is 12.6. The molecule has 1 aromatic rings. The normalized spacial score (nSPS) is 12.9. The standard InChI is InChI=1S/C11H13ClF3N/c1-10(2,16)6-11(14,15)8-5-7(12)3-4-9(8)13/h3-5H,6,16H2,1-2H3. The zero-order valence-electron chi connectivity index (χ0n) is 9.03. The quantitative estimate of drug-likeness (QED) is 0.871. The Hall–Kier alpha value is -0.740. The molecule has 0 bridgehead atoms. The van der Waals surface area contributed by atoms with E-state index in [4.69, 9.17) is 17.3 Å². The van der Waals surface area contributed by atoms with Crippen LogP contribution in [0.4, 0.5) is 13.2 Å². The molecule has 1 nitrogen and oxygen atoms in total. The Morgan fingerprint density at radius 2 is 1.88 bits per heavy atom. The second kappa shape index (κ2) is 4.26. The fourth-order valence-corrected chi connectivity index (χ4v) is 1.62. The lowest BCUT2D eigenvalue weighted by atomic mass is 9.93. The van der Waals surface area contributed by atoms with Gasteiger partial charge in [0.2, 0.25) is 0 Å². The molecule has 2 N–H and O–H groups in total. The van der Waals surface area contributed by atoms with Gasteiger partial charge in [-0.2, -0.15) is 0 Å². The first-order valence-corrected chi connectivity index (χ1v) is 5.12.